The summed E-state index contributed by atoms with van der Waals surface area (Å²) < 4.78 is 1.45. The average Bonchev–Trinajstić information content (AvgIpc) is 2.74. The summed E-state index contributed by atoms with van der Waals surface area (Å²) in [5, 5.41) is 13.3. The molecule has 0 saturated heterocycles. The molecule has 0 aliphatic carbocycles. The van der Waals surface area contributed by atoms with E-state index in [2.05, 4.69) is 10.3 Å². The first-order chi connectivity index (χ1) is 8.08. The number of fused-ring (bicyclic) bond motifs is 1. The first-order valence-corrected chi connectivity index (χ1v) is 5.88. The predicted molar refractivity (Wildman–Crippen MR) is 63.3 cm³/mol. The molecule has 0 aliphatic heterocycles. The molecular formula is C10H11N3O3S. The molecule has 6 nitrogen and oxygen atoms in total. The van der Waals surface area contributed by atoms with Crippen molar-refractivity contribution in [3.8, 4) is 0 Å². The van der Waals surface area contributed by atoms with E-state index in [9.17, 15) is 9.59 Å². The van der Waals surface area contributed by atoms with E-state index in [1.807, 2.05) is 0 Å². The highest BCUT2D eigenvalue weighted by Crippen LogP contribution is 2.06. The number of carboxylic acids is 1. The lowest BCUT2D eigenvalue weighted by Crippen LogP contribution is -2.33. The fourth-order valence-corrected chi connectivity index (χ4v) is 2.06. The number of thiazole rings is 1. The lowest BCUT2D eigenvalue weighted by molar-refractivity contribution is -0.139. The third-order valence-corrected chi connectivity index (χ3v) is 3.07. The van der Waals surface area contributed by atoms with E-state index >= 15 is 0 Å². The van der Waals surface area contributed by atoms with E-state index in [0.717, 1.165) is 0 Å². The number of rotatable bonds is 4. The average molecular weight is 253 g/mol. The van der Waals surface area contributed by atoms with Crippen LogP contribution in [0.4, 0.5) is 0 Å². The normalized spacial score (nSPS) is 12.8. The minimum Gasteiger partial charge on any atom is -0.480 e. The molecule has 0 radical (unpaired) electrons. The Kier molecular flexibility index (Phi) is 3.21. The van der Waals surface area contributed by atoms with Crippen molar-refractivity contribution in [3.63, 3.8) is 0 Å². The molecule has 0 bridgehead atoms. The van der Waals surface area contributed by atoms with E-state index in [1.165, 1.54) is 21.8 Å². The molecule has 2 N–H and O–H groups in total. The van der Waals surface area contributed by atoms with Crippen molar-refractivity contribution in [1.29, 1.82) is 0 Å². The number of nitrogens with one attached hydrogen (secondary N) is 1. The fraction of sp³-hybridized carbons (Fsp3) is 0.300. The van der Waals surface area contributed by atoms with Crippen molar-refractivity contribution in [2.24, 2.45) is 0 Å². The van der Waals surface area contributed by atoms with Gasteiger partial charge in [0.15, 0.2) is 4.96 Å². The highest BCUT2D eigenvalue weighted by atomic mass is 32.1. The zero-order valence-corrected chi connectivity index (χ0v) is 9.90. The first-order valence-electron chi connectivity index (χ1n) is 5.00. The fourth-order valence-electron chi connectivity index (χ4n) is 1.32. The van der Waals surface area contributed by atoms with Gasteiger partial charge in [0, 0.05) is 24.2 Å². The monoisotopic (exact) mass is 253 g/mol. The van der Waals surface area contributed by atoms with Gasteiger partial charge in [-0.05, 0) is 6.92 Å². The van der Waals surface area contributed by atoms with E-state index < -0.39 is 12.0 Å². The van der Waals surface area contributed by atoms with Crippen LogP contribution in [0.5, 0.6) is 0 Å². The molecule has 17 heavy (non-hydrogen) atoms. The van der Waals surface area contributed by atoms with E-state index in [4.69, 9.17) is 5.11 Å². The Morgan fingerprint density at radius 3 is 3.18 bits per heavy atom. The van der Waals surface area contributed by atoms with Crippen molar-refractivity contribution in [2.45, 2.75) is 19.5 Å². The van der Waals surface area contributed by atoms with Gasteiger partial charge in [-0.15, -0.1) is 11.3 Å². The number of hydrogen-bond donors (Lipinski definition) is 2. The van der Waals surface area contributed by atoms with E-state index in [0.29, 0.717) is 10.7 Å². The minimum atomic E-state index is -0.932. The summed E-state index contributed by atoms with van der Waals surface area (Å²) >= 11 is 1.36. The molecule has 0 saturated carbocycles. The van der Waals surface area contributed by atoms with Gasteiger partial charge in [0.25, 0.3) is 5.56 Å². The van der Waals surface area contributed by atoms with Crippen LogP contribution in [-0.4, -0.2) is 26.5 Å². The van der Waals surface area contributed by atoms with Crippen molar-refractivity contribution in [1.82, 2.24) is 14.7 Å². The van der Waals surface area contributed by atoms with Gasteiger partial charge >= 0.3 is 5.97 Å². The SMILES string of the molecule is C[C@H](NCc1cc(=O)n2ccsc2n1)C(=O)O. The molecule has 0 aliphatic rings. The standard InChI is InChI=1S/C10H11N3O3S/c1-6(9(15)16)11-5-7-4-8(14)13-2-3-17-10(13)12-7/h2-4,6,11H,5H2,1H3,(H,15,16)/t6-/m0/s1. The Morgan fingerprint density at radius 1 is 1.71 bits per heavy atom. The number of hydrogen-bond acceptors (Lipinski definition) is 5. The largest absolute Gasteiger partial charge is 0.480 e. The maximum Gasteiger partial charge on any atom is 0.320 e. The highest BCUT2D eigenvalue weighted by Gasteiger charge is 2.10. The van der Waals surface area contributed by atoms with Gasteiger partial charge in [-0.1, -0.05) is 0 Å². The second-order valence-electron chi connectivity index (χ2n) is 3.58. The Hall–Kier alpha value is -1.73. The van der Waals surface area contributed by atoms with E-state index in [1.54, 1.807) is 18.5 Å². The third kappa shape index (κ3) is 2.51. The molecule has 0 amide bonds. The van der Waals surface area contributed by atoms with Crippen molar-refractivity contribution < 1.29 is 9.90 Å². The number of aliphatic carboxylic acids is 1. The van der Waals surface area contributed by atoms with Gasteiger partial charge in [-0.25, -0.2) is 4.98 Å². The summed E-state index contributed by atoms with van der Waals surface area (Å²) in [5.74, 6) is -0.932. The van der Waals surface area contributed by atoms with Crippen LogP contribution < -0.4 is 10.9 Å². The van der Waals surface area contributed by atoms with Crippen LogP contribution in [0, 0.1) is 0 Å². The highest BCUT2D eigenvalue weighted by molar-refractivity contribution is 7.15. The molecule has 0 fully saturated rings. The molecule has 2 rings (SSSR count). The number of aromatic nitrogens is 2. The van der Waals surface area contributed by atoms with Crippen LogP contribution >= 0.6 is 11.3 Å². The molecule has 2 aromatic rings. The summed E-state index contributed by atoms with van der Waals surface area (Å²) in [7, 11) is 0. The maximum absolute atomic E-state index is 11.6. The number of carbonyl (C=O) groups is 1. The quantitative estimate of drug-likeness (QED) is 0.819. The lowest BCUT2D eigenvalue weighted by atomic mass is 10.3. The van der Waals surface area contributed by atoms with Gasteiger partial charge in [0.05, 0.1) is 5.69 Å². The Balaban J connectivity index is 2.19. The second kappa shape index (κ2) is 4.64. The molecular weight excluding hydrogens is 242 g/mol. The molecule has 7 heteroatoms. The predicted octanol–water partition coefficient (Wildman–Crippen LogP) is 0.319. The summed E-state index contributed by atoms with van der Waals surface area (Å²) in [4.78, 5) is 27.1. The summed E-state index contributed by atoms with van der Waals surface area (Å²) in [6.07, 6.45) is 1.66. The Labute approximate surface area is 101 Å². The molecule has 2 aromatic heterocycles. The molecule has 0 spiro atoms. The summed E-state index contributed by atoms with van der Waals surface area (Å²) in [5.41, 5.74) is 0.390. The van der Waals surface area contributed by atoms with Crippen LogP contribution in [0.1, 0.15) is 12.6 Å². The topological polar surface area (TPSA) is 83.7 Å². The maximum atomic E-state index is 11.6. The van der Waals surface area contributed by atoms with Crippen molar-refractivity contribution in [2.75, 3.05) is 0 Å². The summed E-state index contributed by atoms with van der Waals surface area (Å²) in [6.45, 7) is 1.80. The van der Waals surface area contributed by atoms with Crippen LogP contribution in [0.25, 0.3) is 4.96 Å². The van der Waals surface area contributed by atoms with Crippen LogP contribution in [0.15, 0.2) is 22.4 Å². The van der Waals surface area contributed by atoms with Gasteiger partial charge in [-0.3, -0.25) is 19.3 Å². The van der Waals surface area contributed by atoms with Crippen LogP contribution in [0.2, 0.25) is 0 Å². The smallest absolute Gasteiger partial charge is 0.320 e. The van der Waals surface area contributed by atoms with E-state index in [-0.39, 0.29) is 12.1 Å². The number of nitrogens with zero attached hydrogens (tertiary/aromatic N) is 2. The van der Waals surface area contributed by atoms with Crippen molar-refractivity contribution >= 4 is 22.3 Å². The second-order valence-corrected chi connectivity index (χ2v) is 4.46. The van der Waals surface area contributed by atoms with Gasteiger partial charge in [-0.2, -0.15) is 0 Å². The first kappa shape index (κ1) is 11.7. The molecule has 2 heterocycles. The van der Waals surface area contributed by atoms with Gasteiger partial charge in [0.1, 0.15) is 6.04 Å². The number of carboxylic acid groups (broad SMARTS) is 1. The van der Waals surface area contributed by atoms with Crippen molar-refractivity contribution in [3.05, 3.63) is 33.7 Å². The van der Waals surface area contributed by atoms with Crippen LogP contribution in [-0.2, 0) is 11.3 Å². The zero-order chi connectivity index (χ0) is 12.4. The minimum absolute atomic E-state index is 0.156. The third-order valence-electron chi connectivity index (χ3n) is 2.32. The summed E-state index contributed by atoms with van der Waals surface area (Å²) in [6, 6.07) is 0.736. The molecule has 90 valence electrons. The molecule has 0 unspecified atom stereocenters. The lowest BCUT2D eigenvalue weighted by Gasteiger charge is -2.08. The molecule has 0 aromatic carbocycles. The van der Waals surface area contributed by atoms with Crippen LogP contribution in [0.3, 0.4) is 0 Å². The van der Waals surface area contributed by atoms with Gasteiger partial charge < -0.3 is 5.11 Å². The zero-order valence-electron chi connectivity index (χ0n) is 9.08. The van der Waals surface area contributed by atoms with Gasteiger partial charge in [0.2, 0.25) is 0 Å². The Morgan fingerprint density at radius 2 is 2.47 bits per heavy atom. The molecule has 1 atom stereocenters. The Bertz CT molecular complexity index is 604.